The first-order valence-electron chi connectivity index (χ1n) is 11.8. The average molecular weight is 602 g/mol. The molecular formula is C22H19N9O6S3. The third-order valence-electron chi connectivity index (χ3n) is 6.59. The number of β-lactam (4-membered cyclic amide) rings is 1. The van der Waals surface area contributed by atoms with Gasteiger partial charge in [-0.2, -0.15) is 4.98 Å². The number of primary amides is 1. The third kappa shape index (κ3) is 4.27. The quantitative estimate of drug-likeness (QED) is 0.0837. The monoisotopic (exact) mass is 601 g/mol. The van der Waals surface area contributed by atoms with Crippen LogP contribution in [-0.4, -0.2) is 87.0 Å². The van der Waals surface area contributed by atoms with Crippen LogP contribution in [0.5, 0.6) is 0 Å². The molecule has 1 saturated heterocycles. The summed E-state index contributed by atoms with van der Waals surface area (Å²) in [5.74, 6) is -4.00. The molecule has 2 atom stereocenters. The zero-order valence-corrected chi connectivity index (χ0v) is 22.8. The number of carbonyl (C=O) groups is 5. The average Bonchev–Trinajstić information content (AvgIpc) is 3.68. The number of amides is 3. The lowest BCUT2D eigenvalue weighted by Gasteiger charge is -2.49. The Morgan fingerprint density at radius 1 is 1.20 bits per heavy atom. The lowest BCUT2D eigenvalue weighted by Crippen LogP contribution is -2.71. The minimum Gasteiger partial charge on any atom is -0.477 e. The van der Waals surface area contributed by atoms with E-state index in [4.69, 9.17) is 11.5 Å². The summed E-state index contributed by atoms with van der Waals surface area (Å²) in [5.41, 5.74) is 12.9. The van der Waals surface area contributed by atoms with Crippen molar-refractivity contribution in [1.82, 2.24) is 34.8 Å². The van der Waals surface area contributed by atoms with Crippen LogP contribution in [0.1, 0.15) is 38.8 Å². The molecule has 206 valence electrons. The summed E-state index contributed by atoms with van der Waals surface area (Å²) in [7, 11) is 0. The summed E-state index contributed by atoms with van der Waals surface area (Å²) in [6, 6.07) is -1.05. The fraction of sp³-hybridized carbons (Fsp3) is 0.318. The second-order valence-electron chi connectivity index (χ2n) is 9.01. The van der Waals surface area contributed by atoms with E-state index in [1.165, 1.54) is 33.4 Å². The summed E-state index contributed by atoms with van der Waals surface area (Å²) in [5, 5.41) is 18.0. The second kappa shape index (κ2) is 9.86. The Morgan fingerprint density at radius 2 is 2.00 bits per heavy atom. The van der Waals surface area contributed by atoms with E-state index in [0.29, 0.717) is 10.6 Å². The Bertz CT molecular complexity index is 1680. The van der Waals surface area contributed by atoms with Crippen LogP contribution in [0.2, 0.25) is 0 Å². The Hall–Kier alpha value is -4.03. The van der Waals surface area contributed by atoms with Gasteiger partial charge in [0.2, 0.25) is 5.82 Å². The number of carboxylic acids is 1. The highest BCUT2D eigenvalue weighted by Crippen LogP contribution is 2.42. The Balaban J connectivity index is 1.21. The Kier molecular flexibility index (Phi) is 6.46. The fourth-order valence-corrected chi connectivity index (χ4v) is 7.90. The summed E-state index contributed by atoms with van der Waals surface area (Å²) < 4.78 is 1.52. The van der Waals surface area contributed by atoms with Gasteiger partial charge in [-0.1, -0.05) is 0 Å². The molecule has 3 aromatic heterocycles. The molecule has 0 unspecified atom stereocenters. The molecule has 3 aromatic rings. The smallest absolute Gasteiger partial charge is 0.352 e. The van der Waals surface area contributed by atoms with Crippen LogP contribution in [0.25, 0.3) is 5.78 Å². The predicted molar refractivity (Wildman–Crippen MR) is 143 cm³/mol. The number of rotatable bonds is 8. The van der Waals surface area contributed by atoms with Gasteiger partial charge in [0.05, 0.1) is 5.69 Å². The van der Waals surface area contributed by atoms with Gasteiger partial charge in [-0.3, -0.25) is 24.1 Å². The molecule has 0 radical (unpaired) electrons. The molecule has 0 aromatic carbocycles. The van der Waals surface area contributed by atoms with Crippen molar-refractivity contribution >= 4 is 75.2 Å². The first-order valence-corrected chi connectivity index (χ1v) is 14.7. The Morgan fingerprint density at radius 3 is 2.70 bits per heavy atom. The predicted octanol–water partition coefficient (Wildman–Crippen LogP) is -0.536. The number of hydrogen-bond donors (Lipinski definition) is 4. The van der Waals surface area contributed by atoms with Gasteiger partial charge < -0.3 is 21.9 Å². The van der Waals surface area contributed by atoms with E-state index < -0.39 is 40.9 Å². The van der Waals surface area contributed by atoms with Gasteiger partial charge >= 0.3 is 5.97 Å². The van der Waals surface area contributed by atoms with E-state index in [2.05, 4.69) is 25.4 Å². The highest BCUT2D eigenvalue weighted by Gasteiger charge is 2.54. The summed E-state index contributed by atoms with van der Waals surface area (Å²) in [6.07, 6.45) is 2.33. The number of thiazole rings is 1. The van der Waals surface area contributed by atoms with Crippen LogP contribution in [0, 0.1) is 0 Å². The SMILES string of the molecule is NC(=O)c1nc2nc(SCC3=C(C(=O)O)N4C(=O)[C@@H](NC(=O)C(=O)c5csc(N)n5)[C@H]4SC3)c3c(n2n1)CCC3. The van der Waals surface area contributed by atoms with Crippen LogP contribution in [-0.2, 0) is 27.2 Å². The lowest BCUT2D eigenvalue weighted by atomic mass is 10.0. The van der Waals surface area contributed by atoms with Gasteiger partial charge in [-0.05, 0) is 24.8 Å². The molecule has 5 heterocycles. The maximum Gasteiger partial charge on any atom is 0.352 e. The number of Topliss-reactive ketones (excluding diaryl/α,β-unsaturated/α-hetero) is 1. The molecule has 1 fully saturated rings. The van der Waals surface area contributed by atoms with Crippen molar-refractivity contribution in [3.8, 4) is 0 Å². The fourth-order valence-electron chi connectivity index (χ4n) is 4.80. The van der Waals surface area contributed by atoms with Gasteiger partial charge in [0, 0.05) is 22.4 Å². The number of anilines is 1. The number of nitrogens with two attached hydrogens (primary N) is 2. The number of aliphatic carboxylic acids is 1. The number of hydrogen-bond acceptors (Lipinski definition) is 13. The molecule has 15 nitrogen and oxygen atoms in total. The van der Waals surface area contributed by atoms with Crippen molar-refractivity contribution in [3.63, 3.8) is 0 Å². The van der Waals surface area contributed by atoms with Crippen molar-refractivity contribution in [2.45, 2.75) is 35.7 Å². The number of nitrogen functional groups attached to an aromatic ring is 1. The molecule has 3 amide bonds. The Labute approximate surface area is 236 Å². The highest BCUT2D eigenvalue weighted by molar-refractivity contribution is 8.01. The minimum absolute atomic E-state index is 0.124. The van der Waals surface area contributed by atoms with Gasteiger partial charge in [0.15, 0.2) is 5.13 Å². The van der Waals surface area contributed by atoms with Crippen molar-refractivity contribution in [2.75, 3.05) is 17.2 Å². The van der Waals surface area contributed by atoms with Gasteiger partial charge in [-0.25, -0.2) is 19.3 Å². The van der Waals surface area contributed by atoms with E-state index in [1.807, 2.05) is 0 Å². The van der Waals surface area contributed by atoms with Crippen LogP contribution in [0.3, 0.4) is 0 Å². The molecular weight excluding hydrogens is 583 g/mol. The number of aryl methyl sites for hydroxylation is 1. The van der Waals surface area contributed by atoms with Crippen LogP contribution >= 0.6 is 34.9 Å². The number of ketones is 1. The zero-order chi connectivity index (χ0) is 28.3. The molecule has 40 heavy (non-hydrogen) atoms. The van der Waals surface area contributed by atoms with Gasteiger partial charge in [-0.15, -0.1) is 40.0 Å². The number of aromatic nitrogens is 5. The molecule has 0 bridgehead atoms. The van der Waals surface area contributed by atoms with Crippen LogP contribution in [0.4, 0.5) is 5.13 Å². The van der Waals surface area contributed by atoms with Crippen molar-refractivity contribution < 1.29 is 29.1 Å². The number of fused-ring (bicyclic) bond motifs is 4. The van der Waals surface area contributed by atoms with Gasteiger partial charge in [0.1, 0.15) is 27.8 Å². The first kappa shape index (κ1) is 26.2. The summed E-state index contributed by atoms with van der Waals surface area (Å²) >= 11 is 3.61. The largest absolute Gasteiger partial charge is 0.477 e. The first-order chi connectivity index (χ1) is 19.1. The third-order valence-corrected chi connectivity index (χ3v) is 9.71. The van der Waals surface area contributed by atoms with Gasteiger partial charge in [0.25, 0.3) is 29.3 Å². The number of thioether (sulfide) groups is 2. The van der Waals surface area contributed by atoms with E-state index in [1.54, 1.807) is 0 Å². The highest BCUT2D eigenvalue weighted by atomic mass is 32.2. The zero-order valence-electron chi connectivity index (χ0n) is 20.3. The maximum atomic E-state index is 13.0. The van der Waals surface area contributed by atoms with Crippen molar-refractivity contribution in [2.24, 2.45) is 5.73 Å². The molecule has 3 aliphatic rings. The number of nitrogens with one attached hydrogen (secondary N) is 1. The number of carboxylic acid groups (broad SMARTS) is 1. The van der Waals surface area contributed by atoms with E-state index in [9.17, 15) is 29.1 Å². The normalized spacial score (nSPS) is 19.8. The molecule has 18 heteroatoms. The standard InChI is InChI=1S/C22H19N9O6S3/c23-14(33)15-27-22-28-17(8-2-1-3-10(8)31(22)29-15)38-4-7-5-39-19-11(18(35)30(19)12(7)20(36)37)26-16(34)13(32)9-6-40-21(24)25-9/h6,11,19H,1-5H2,(H2,23,33)(H2,24,25)(H,26,34)(H,36,37)/t11-,19-/m1/s1. The minimum atomic E-state index is -1.27. The van der Waals surface area contributed by atoms with Crippen molar-refractivity contribution in [1.29, 1.82) is 0 Å². The van der Waals surface area contributed by atoms with E-state index in [-0.39, 0.29) is 39.6 Å². The van der Waals surface area contributed by atoms with Crippen molar-refractivity contribution in [3.05, 3.63) is 39.4 Å². The molecule has 6 N–H and O–H groups in total. The molecule has 2 aliphatic heterocycles. The topological polar surface area (TPSA) is 229 Å². The molecule has 1 aliphatic carbocycles. The second-order valence-corrected chi connectivity index (χ2v) is 12.0. The van der Waals surface area contributed by atoms with E-state index in [0.717, 1.165) is 46.8 Å². The van der Waals surface area contributed by atoms with Crippen LogP contribution < -0.4 is 16.8 Å². The number of carbonyl (C=O) groups excluding carboxylic acids is 4. The summed E-state index contributed by atoms with van der Waals surface area (Å²) in [6.45, 7) is 0. The molecule has 0 saturated carbocycles. The van der Waals surface area contributed by atoms with Crippen LogP contribution in [0.15, 0.2) is 21.7 Å². The van der Waals surface area contributed by atoms with E-state index >= 15 is 0 Å². The maximum absolute atomic E-state index is 13.0. The molecule has 0 spiro atoms. The lowest BCUT2D eigenvalue weighted by molar-refractivity contribution is -0.150. The number of nitrogens with zero attached hydrogens (tertiary/aromatic N) is 6. The summed E-state index contributed by atoms with van der Waals surface area (Å²) in [4.78, 5) is 75.2. The molecule has 6 rings (SSSR count).